The first-order valence-corrected chi connectivity index (χ1v) is 7.83. The van der Waals surface area contributed by atoms with Gasteiger partial charge in [0, 0.05) is 28.2 Å². The van der Waals surface area contributed by atoms with Crippen molar-refractivity contribution >= 4 is 23.2 Å². The maximum atomic E-state index is 9.16. The van der Waals surface area contributed by atoms with Crippen molar-refractivity contribution in [2.75, 3.05) is 5.32 Å². The van der Waals surface area contributed by atoms with Gasteiger partial charge in [0.25, 0.3) is 0 Å². The smallest absolute Gasteiger partial charge is 0.227 e. The number of benzene rings is 1. The van der Waals surface area contributed by atoms with Crippen LogP contribution in [0.15, 0.2) is 30.5 Å². The van der Waals surface area contributed by atoms with Gasteiger partial charge in [0.15, 0.2) is 0 Å². The summed E-state index contributed by atoms with van der Waals surface area (Å²) in [5, 5.41) is 13.1. The number of nitrogens with one attached hydrogen (secondary N) is 2. The molecule has 3 aromatic rings. The minimum absolute atomic E-state index is 0.493. The van der Waals surface area contributed by atoms with E-state index in [0.29, 0.717) is 11.6 Å². The van der Waals surface area contributed by atoms with E-state index in [-0.39, 0.29) is 0 Å². The number of aromatic amines is 1. The zero-order valence-corrected chi connectivity index (χ0v) is 14.4. The summed E-state index contributed by atoms with van der Waals surface area (Å²) >= 11 is 6.05. The molecule has 0 aliphatic carbocycles. The highest BCUT2D eigenvalue weighted by molar-refractivity contribution is 6.31. The molecule has 0 bridgehead atoms. The SMILES string of the molecule is Cc1cc(Nc2nccc(-c3c(C)[nH]c(C#N)c3C)n2)ccc1Cl. The Labute approximate surface area is 145 Å². The molecule has 0 spiro atoms. The number of halogens is 1. The van der Waals surface area contributed by atoms with E-state index in [1.807, 2.05) is 45.0 Å². The molecule has 0 radical (unpaired) electrons. The molecular formula is C18H16ClN5. The van der Waals surface area contributed by atoms with Crippen LogP contribution in [0.2, 0.25) is 5.02 Å². The number of hydrogen-bond acceptors (Lipinski definition) is 4. The molecule has 0 amide bonds. The molecular weight excluding hydrogens is 322 g/mol. The molecule has 120 valence electrons. The Morgan fingerprint density at radius 2 is 2.00 bits per heavy atom. The van der Waals surface area contributed by atoms with Gasteiger partial charge in [-0.15, -0.1) is 0 Å². The van der Waals surface area contributed by atoms with E-state index in [4.69, 9.17) is 16.9 Å². The number of hydrogen-bond donors (Lipinski definition) is 2. The fraction of sp³-hybridized carbons (Fsp3) is 0.167. The first kappa shape index (κ1) is 16.0. The predicted octanol–water partition coefficient (Wildman–Crippen LogP) is 4.67. The second-order valence-electron chi connectivity index (χ2n) is 5.59. The van der Waals surface area contributed by atoms with Gasteiger partial charge in [-0.1, -0.05) is 11.6 Å². The molecule has 1 aromatic carbocycles. The highest BCUT2D eigenvalue weighted by atomic mass is 35.5. The van der Waals surface area contributed by atoms with Crippen molar-refractivity contribution in [2.45, 2.75) is 20.8 Å². The van der Waals surface area contributed by atoms with Crippen LogP contribution in [0, 0.1) is 32.1 Å². The Morgan fingerprint density at radius 3 is 2.67 bits per heavy atom. The number of aryl methyl sites for hydroxylation is 2. The van der Waals surface area contributed by atoms with E-state index in [1.54, 1.807) is 6.20 Å². The summed E-state index contributed by atoms with van der Waals surface area (Å²) in [5.74, 6) is 0.493. The van der Waals surface area contributed by atoms with Gasteiger partial charge < -0.3 is 10.3 Å². The minimum Gasteiger partial charge on any atom is -0.350 e. The Kier molecular flexibility index (Phi) is 4.24. The van der Waals surface area contributed by atoms with E-state index < -0.39 is 0 Å². The molecule has 0 saturated heterocycles. The van der Waals surface area contributed by atoms with Crippen molar-refractivity contribution in [3.05, 3.63) is 58.0 Å². The largest absolute Gasteiger partial charge is 0.350 e. The third-order valence-electron chi connectivity index (χ3n) is 3.88. The van der Waals surface area contributed by atoms with Crippen molar-refractivity contribution in [1.82, 2.24) is 15.0 Å². The molecule has 0 unspecified atom stereocenters. The molecule has 2 aromatic heterocycles. The van der Waals surface area contributed by atoms with Gasteiger partial charge in [-0.05, 0) is 56.2 Å². The molecule has 2 heterocycles. The fourth-order valence-corrected chi connectivity index (χ4v) is 2.77. The lowest BCUT2D eigenvalue weighted by Gasteiger charge is -2.08. The second kappa shape index (κ2) is 6.34. The first-order chi connectivity index (χ1) is 11.5. The molecule has 3 rings (SSSR count). The third kappa shape index (κ3) is 2.97. The fourth-order valence-electron chi connectivity index (χ4n) is 2.66. The number of nitrogens with zero attached hydrogens (tertiary/aromatic N) is 3. The first-order valence-electron chi connectivity index (χ1n) is 7.45. The number of aromatic nitrogens is 3. The molecule has 5 nitrogen and oxygen atoms in total. The van der Waals surface area contributed by atoms with Crippen LogP contribution in [0.1, 0.15) is 22.5 Å². The van der Waals surface area contributed by atoms with E-state index in [0.717, 1.165) is 38.8 Å². The van der Waals surface area contributed by atoms with Crippen molar-refractivity contribution in [1.29, 1.82) is 5.26 Å². The van der Waals surface area contributed by atoms with Gasteiger partial charge in [-0.2, -0.15) is 5.26 Å². The van der Waals surface area contributed by atoms with Crippen molar-refractivity contribution in [3.8, 4) is 17.3 Å². The normalized spacial score (nSPS) is 10.5. The topological polar surface area (TPSA) is 77.4 Å². The van der Waals surface area contributed by atoms with Gasteiger partial charge in [0.2, 0.25) is 5.95 Å². The molecule has 0 saturated carbocycles. The lowest BCUT2D eigenvalue weighted by molar-refractivity contribution is 1.16. The lowest BCUT2D eigenvalue weighted by Crippen LogP contribution is -1.98. The quantitative estimate of drug-likeness (QED) is 0.728. The molecule has 0 fully saturated rings. The Balaban J connectivity index is 1.97. The molecule has 6 heteroatoms. The van der Waals surface area contributed by atoms with Gasteiger partial charge in [0.05, 0.1) is 5.69 Å². The van der Waals surface area contributed by atoms with E-state index >= 15 is 0 Å². The highest BCUT2D eigenvalue weighted by Crippen LogP contribution is 2.29. The van der Waals surface area contributed by atoms with Crippen molar-refractivity contribution in [2.24, 2.45) is 0 Å². The van der Waals surface area contributed by atoms with Crippen LogP contribution in [0.5, 0.6) is 0 Å². The molecule has 0 aliphatic rings. The number of rotatable bonds is 3. The summed E-state index contributed by atoms with van der Waals surface area (Å²) in [6, 6.07) is 9.66. The molecule has 0 aliphatic heterocycles. The third-order valence-corrected chi connectivity index (χ3v) is 4.30. The minimum atomic E-state index is 0.493. The average molecular weight is 338 g/mol. The van der Waals surface area contributed by atoms with Crippen LogP contribution in [0.25, 0.3) is 11.3 Å². The van der Waals surface area contributed by atoms with Gasteiger partial charge in [-0.25, -0.2) is 9.97 Å². The highest BCUT2D eigenvalue weighted by Gasteiger charge is 2.14. The molecule has 24 heavy (non-hydrogen) atoms. The summed E-state index contributed by atoms with van der Waals surface area (Å²) in [5.41, 5.74) is 5.92. The second-order valence-corrected chi connectivity index (χ2v) is 6.00. The zero-order valence-electron chi connectivity index (χ0n) is 13.6. The number of nitriles is 1. The van der Waals surface area contributed by atoms with E-state index in [2.05, 4.69) is 26.3 Å². The van der Waals surface area contributed by atoms with Crippen molar-refractivity contribution in [3.63, 3.8) is 0 Å². The van der Waals surface area contributed by atoms with Gasteiger partial charge in [0.1, 0.15) is 11.8 Å². The maximum Gasteiger partial charge on any atom is 0.227 e. The number of anilines is 2. The Hall–Kier alpha value is -2.84. The van der Waals surface area contributed by atoms with E-state index in [1.165, 1.54) is 0 Å². The van der Waals surface area contributed by atoms with Gasteiger partial charge >= 0.3 is 0 Å². The van der Waals surface area contributed by atoms with Gasteiger partial charge in [-0.3, -0.25) is 0 Å². The molecule has 2 N–H and O–H groups in total. The van der Waals surface area contributed by atoms with Crippen molar-refractivity contribution < 1.29 is 0 Å². The molecule has 0 atom stereocenters. The van der Waals surface area contributed by atoms with E-state index in [9.17, 15) is 0 Å². The predicted molar refractivity (Wildman–Crippen MR) is 95.5 cm³/mol. The monoisotopic (exact) mass is 337 g/mol. The summed E-state index contributed by atoms with van der Waals surface area (Å²) in [6.07, 6.45) is 1.70. The maximum absolute atomic E-state index is 9.16. The van der Waals surface area contributed by atoms with Crippen LogP contribution in [-0.4, -0.2) is 15.0 Å². The van der Waals surface area contributed by atoms with Crippen LogP contribution in [0.3, 0.4) is 0 Å². The zero-order chi connectivity index (χ0) is 17.3. The summed E-state index contributed by atoms with van der Waals surface area (Å²) in [6.45, 7) is 5.79. The average Bonchev–Trinajstić information content (AvgIpc) is 2.85. The van der Waals surface area contributed by atoms with Crippen LogP contribution in [0.4, 0.5) is 11.6 Å². The Bertz CT molecular complexity index is 953. The summed E-state index contributed by atoms with van der Waals surface area (Å²) in [7, 11) is 0. The Morgan fingerprint density at radius 1 is 1.21 bits per heavy atom. The van der Waals surface area contributed by atoms with Crippen LogP contribution < -0.4 is 5.32 Å². The summed E-state index contributed by atoms with van der Waals surface area (Å²) < 4.78 is 0. The van der Waals surface area contributed by atoms with Crippen LogP contribution >= 0.6 is 11.6 Å². The van der Waals surface area contributed by atoms with Crippen LogP contribution in [-0.2, 0) is 0 Å². The number of H-pyrrole nitrogens is 1. The standard InChI is InChI=1S/C18H16ClN5/c1-10-8-13(4-5-14(10)19)23-18-21-7-6-15(24-18)17-11(2)16(9-20)22-12(17)3/h4-8,22H,1-3H3,(H,21,23,24). The lowest BCUT2D eigenvalue weighted by atomic mass is 10.1. The summed E-state index contributed by atoms with van der Waals surface area (Å²) in [4.78, 5) is 11.9.